The molecule has 2 heterocycles. The van der Waals surface area contributed by atoms with Crippen LogP contribution in [0.15, 0.2) is 21.3 Å². The van der Waals surface area contributed by atoms with Crippen molar-refractivity contribution in [3.8, 4) is 0 Å². The molecule has 0 radical (unpaired) electrons. The predicted octanol–water partition coefficient (Wildman–Crippen LogP) is 3.25. The van der Waals surface area contributed by atoms with Gasteiger partial charge in [0, 0.05) is 24.0 Å². The van der Waals surface area contributed by atoms with E-state index in [4.69, 9.17) is 0 Å². The third-order valence-electron chi connectivity index (χ3n) is 2.09. The fourth-order valence-corrected chi connectivity index (χ4v) is 3.40. The van der Waals surface area contributed by atoms with E-state index >= 15 is 0 Å². The standard InChI is InChI=1S/C11H11BrN2OS2/c1-7-6-16-10(14-7)4-5-13-11(15)8-2-3-9(12)17-8/h2-3,6H,4-5H2,1H3,(H,13,15). The number of thiazole rings is 1. The molecule has 90 valence electrons. The van der Waals surface area contributed by atoms with Gasteiger partial charge in [-0.15, -0.1) is 22.7 Å². The SMILES string of the molecule is Cc1csc(CCNC(=O)c2ccc(Br)s2)n1. The van der Waals surface area contributed by atoms with Gasteiger partial charge in [0.2, 0.25) is 0 Å². The number of carbonyl (C=O) groups is 1. The van der Waals surface area contributed by atoms with Gasteiger partial charge in [-0.2, -0.15) is 0 Å². The van der Waals surface area contributed by atoms with Crippen LogP contribution in [-0.4, -0.2) is 17.4 Å². The normalized spacial score (nSPS) is 10.5. The molecule has 0 spiro atoms. The molecule has 1 N–H and O–H groups in total. The van der Waals surface area contributed by atoms with Crippen molar-refractivity contribution in [1.82, 2.24) is 10.3 Å². The summed E-state index contributed by atoms with van der Waals surface area (Å²) in [6, 6.07) is 3.70. The second-order valence-corrected chi connectivity index (χ2v) is 6.90. The first-order valence-corrected chi connectivity index (χ1v) is 7.58. The molecule has 17 heavy (non-hydrogen) atoms. The molecule has 0 aromatic carbocycles. The predicted molar refractivity (Wildman–Crippen MR) is 74.9 cm³/mol. The number of nitrogens with zero attached hydrogens (tertiary/aromatic N) is 1. The fraction of sp³-hybridized carbons (Fsp3) is 0.273. The van der Waals surface area contributed by atoms with E-state index in [-0.39, 0.29) is 5.91 Å². The molecule has 0 aliphatic rings. The number of thiophene rings is 1. The lowest BCUT2D eigenvalue weighted by Crippen LogP contribution is -2.24. The molecule has 0 aliphatic heterocycles. The Morgan fingerprint density at radius 1 is 1.53 bits per heavy atom. The molecule has 2 aromatic heterocycles. The average Bonchev–Trinajstić information content (AvgIpc) is 2.88. The Bertz CT molecular complexity index is 521. The lowest BCUT2D eigenvalue weighted by atomic mass is 10.4. The third kappa shape index (κ3) is 3.62. The Kier molecular flexibility index (Phi) is 4.31. The molecular formula is C11H11BrN2OS2. The first-order chi connectivity index (χ1) is 8.15. The van der Waals surface area contributed by atoms with Gasteiger partial charge in [-0.3, -0.25) is 4.79 Å². The molecule has 0 saturated heterocycles. The lowest BCUT2D eigenvalue weighted by molar-refractivity contribution is 0.0958. The maximum atomic E-state index is 11.7. The van der Waals surface area contributed by atoms with Gasteiger partial charge in [0.25, 0.3) is 5.91 Å². The van der Waals surface area contributed by atoms with E-state index < -0.39 is 0 Å². The van der Waals surface area contributed by atoms with Crippen LogP contribution in [0.5, 0.6) is 0 Å². The van der Waals surface area contributed by atoms with Crippen LogP contribution in [0.4, 0.5) is 0 Å². The number of aromatic nitrogens is 1. The van der Waals surface area contributed by atoms with E-state index in [1.165, 1.54) is 11.3 Å². The summed E-state index contributed by atoms with van der Waals surface area (Å²) in [6.45, 7) is 2.60. The Hall–Kier alpha value is -0.720. The highest BCUT2D eigenvalue weighted by atomic mass is 79.9. The Morgan fingerprint density at radius 2 is 2.35 bits per heavy atom. The van der Waals surface area contributed by atoms with Crippen molar-refractivity contribution in [3.63, 3.8) is 0 Å². The van der Waals surface area contributed by atoms with Gasteiger partial charge >= 0.3 is 0 Å². The topological polar surface area (TPSA) is 42.0 Å². The minimum atomic E-state index is -0.0195. The molecule has 0 unspecified atom stereocenters. The maximum absolute atomic E-state index is 11.7. The molecule has 0 bridgehead atoms. The largest absolute Gasteiger partial charge is 0.351 e. The van der Waals surface area contributed by atoms with Crippen molar-refractivity contribution in [2.75, 3.05) is 6.54 Å². The van der Waals surface area contributed by atoms with Crippen molar-refractivity contribution < 1.29 is 4.79 Å². The number of hydrogen-bond donors (Lipinski definition) is 1. The van der Waals surface area contributed by atoms with Crippen molar-refractivity contribution in [3.05, 3.63) is 36.9 Å². The molecule has 1 amide bonds. The molecule has 3 nitrogen and oxygen atoms in total. The van der Waals surface area contributed by atoms with Crippen LogP contribution in [-0.2, 0) is 6.42 Å². The molecule has 0 saturated carbocycles. The minimum absolute atomic E-state index is 0.0195. The number of aryl methyl sites for hydroxylation is 1. The van der Waals surface area contributed by atoms with Crippen LogP contribution in [0.25, 0.3) is 0 Å². The van der Waals surface area contributed by atoms with Crippen LogP contribution < -0.4 is 5.32 Å². The van der Waals surface area contributed by atoms with Crippen LogP contribution in [0, 0.1) is 6.92 Å². The Morgan fingerprint density at radius 3 is 2.94 bits per heavy atom. The highest BCUT2D eigenvalue weighted by Gasteiger charge is 2.07. The first-order valence-electron chi connectivity index (χ1n) is 5.09. The summed E-state index contributed by atoms with van der Waals surface area (Å²) in [5.41, 5.74) is 1.04. The van der Waals surface area contributed by atoms with Gasteiger partial charge in [0.05, 0.1) is 13.7 Å². The molecule has 0 atom stereocenters. The number of nitrogens with one attached hydrogen (secondary N) is 1. The maximum Gasteiger partial charge on any atom is 0.261 e. The summed E-state index contributed by atoms with van der Waals surface area (Å²) in [5.74, 6) is -0.0195. The number of halogens is 1. The number of carbonyl (C=O) groups excluding carboxylic acids is 1. The number of amides is 1. The van der Waals surface area contributed by atoms with E-state index in [0.29, 0.717) is 6.54 Å². The smallest absolute Gasteiger partial charge is 0.261 e. The van der Waals surface area contributed by atoms with Crippen LogP contribution in [0.1, 0.15) is 20.4 Å². The fourth-order valence-electron chi connectivity index (χ4n) is 1.32. The Labute approximate surface area is 116 Å². The average molecular weight is 331 g/mol. The zero-order valence-corrected chi connectivity index (χ0v) is 12.4. The van der Waals surface area contributed by atoms with E-state index in [0.717, 1.165) is 25.8 Å². The van der Waals surface area contributed by atoms with Crippen molar-refractivity contribution in [2.45, 2.75) is 13.3 Å². The highest BCUT2D eigenvalue weighted by molar-refractivity contribution is 9.11. The number of rotatable bonds is 4. The molecule has 0 aliphatic carbocycles. The molecule has 2 aromatic rings. The lowest BCUT2D eigenvalue weighted by Gasteiger charge is -2.01. The van der Waals surface area contributed by atoms with Crippen molar-refractivity contribution >= 4 is 44.5 Å². The summed E-state index contributed by atoms with van der Waals surface area (Å²) >= 11 is 6.41. The highest BCUT2D eigenvalue weighted by Crippen LogP contribution is 2.21. The first kappa shape index (κ1) is 12.7. The van der Waals surface area contributed by atoms with Crippen LogP contribution in [0.3, 0.4) is 0 Å². The van der Waals surface area contributed by atoms with E-state index in [9.17, 15) is 4.79 Å². The van der Waals surface area contributed by atoms with E-state index in [1.54, 1.807) is 11.3 Å². The zero-order chi connectivity index (χ0) is 12.3. The quantitative estimate of drug-likeness (QED) is 0.934. The van der Waals surface area contributed by atoms with E-state index in [1.807, 2.05) is 24.4 Å². The van der Waals surface area contributed by atoms with Gasteiger partial charge < -0.3 is 5.32 Å². The van der Waals surface area contributed by atoms with Gasteiger partial charge in [-0.05, 0) is 35.0 Å². The van der Waals surface area contributed by atoms with E-state index in [2.05, 4.69) is 26.2 Å². The van der Waals surface area contributed by atoms with Gasteiger partial charge in [-0.1, -0.05) is 0 Å². The molecule has 2 rings (SSSR count). The summed E-state index contributed by atoms with van der Waals surface area (Å²) in [7, 11) is 0. The van der Waals surface area contributed by atoms with Gasteiger partial charge in [0.1, 0.15) is 0 Å². The van der Waals surface area contributed by atoms with Crippen LogP contribution >= 0.6 is 38.6 Å². The summed E-state index contributed by atoms with van der Waals surface area (Å²) in [5, 5.41) is 5.97. The zero-order valence-electron chi connectivity index (χ0n) is 9.20. The molecule has 6 heteroatoms. The molecular weight excluding hydrogens is 320 g/mol. The summed E-state index contributed by atoms with van der Waals surface area (Å²) < 4.78 is 0.971. The van der Waals surface area contributed by atoms with Gasteiger partial charge in [-0.25, -0.2) is 4.98 Å². The monoisotopic (exact) mass is 330 g/mol. The van der Waals surface area contributed by atoms with Gasteiger partial charge in [0.15, 0.2) is 0 Å². The third-order valence-corrected chi connectivity index (χ3v) is 4.74. The Balaban J connectivity index is 1.81. The minimum Gasteiger partial charge on any atom is -0.351 e. The second kappa shape index (κ2) is 5.75. The second-order valence-electron chi connectivity index (χ2n) is 3.49. The molecule has 0 fully saturated rings. The summed E-state index contributed by atoms with van der Waals surface area (Å²) in [6.07, 6.45) is 0.788. The summed E-state index contributed by atoms with van der Waals surface area (Å²) in [4.78, 5) is 16.8. The van der Waals surface area contributed by atoms with Crippen molar-refractivity contribution in [2.24, 2.45) is 0 Å². The van der Waals surface area contributed by atoms with Crippen molar-refractivity contribution in [1.29, 1.82) is 0 Å². The number of hydrogen-bond acceptors (Lipinski definition) is 4. The van der Waals surface area contributed by atoms with Crippen LogP contribution in [0.2, 0.25) is 0 Å².